The van der Waals surface area contributed by atoms with E-state index in [-0.39, 0.29) is 5.25 Å². The van der Waals surface area contributed by atoms with Crippen LogP contribution in [-0.2, 0) is 4.74 Å². The molecule has 0 bridgehead atoms. The second-order valence-electron chi connectivity index (χ2n) is 1.96. The van der Waals surface area contributed by atoms with E-state index in [0.29, 0.717) is 11.7 Å². The molecule has 2 nitrogen and oxygen atoms in total. The largest absolute Gasteiger partial charge is 0.484 e. The number of thioether (sulfide) groups is 1. The number of nitriles is 1. The van der Waals surface area contributed by atoms with Gasteiger partial charge < -0.3 is 4.74 Å². The van der Waals surface area contributed by atoms with E-state index in [1.54, 1.807) is 11.5 Å². The van der Waals surface area contributed by atoms with Gasteiger partial charge >= 0.3 is 0 Å². The first kappa shape index (κ1) is 11.5. The second-order valence-corrected chi connectivity index (χ2v) is 3.62. The molecule has 0 amide bonds. The molecular weight excluding hydrogens is 190 g/mol. The Morgan fingerprint density at radius 2 is 2.50 bits per heavy atom. The van der Waals surface area contributed by atoms with Gasteiger partial charge in [0.2, 0.25) is 0 Å². The first-order valence-corrected chi connectivity index (χ1v) is 4.94. The number of nitrogens with zero attached hydrogens (tertiary/aromatic N) is 1. The summed E-state index contributed by atoms with van der Waals surface area (Å²) in [5, 5.41) is 10.6. The highest BCUT2D eigenvalue weighted by atomic mass is 32.2. The second kappa shape index (κ2) is 7.14. The van der Waals surface area contributed by atoms with Gasteiger partial charge in [0, 0.05) is 0 Å². The third-order valence-electron chi connectivity index (χ3n) is 0.955. The van der Waals surface area contributed by atoms with E-state index in [1.165, 1.54) is 11.8 Å². The molecule has 1 atom stereocenters. The summed E-state index contributed by atoms with van der Waals surface area (Å²) in [6.45, 7) is 4.30. The minimum Gasteiger partial charge on any atom is -0.484 e. The Bertz CT molecular complexity index is 208. The lowest BCUT2D eigenvalue weighted by Crippen LogP contribution is -1.96. The summed E-state index contributed by atoms with van der Waals surface area (Å²) in [4.78, 5) is 0. The Morgan fingerprint density at radius 1 is 1.83 bits per heavy atom. The van der Waals surface area contributed by atoms with Crippen LogP contribution in [0.15, 0.2) is 11.5 Å². The molecule has 0 radical (unpaired) electrons. The predicted octanol–water partition coefficient (Wildman–Crippen LogP) is 2.51. The summed E-state index contributed by atoms with van der Waals surface area (Å²) in [5.41, 5.74) is 0. The van der Waals surface area contributed by atoms with Gasteiger partial charge in [-0.3, -0.25) is 0 Å². The maximum Gasteiger partial charge on any atom is 0.184 e. The maximum absolute atomic E-state index is 8.43. The van der Waals surface area contributed by atoms with Crippen LogP contribution in [-0.4, -0.2) is 16.9 Å². The SMILES string of the molecule is CCOC(=S)C=CSC(C)C#N. The molecule has 0 aromatic carbocycles. The molecule has 66 valence electrons. The summed E-state index contributed by atoms with van der Waals surface area (Å²) in [6, 6.07) is 2.10. The van der Waals surface area contributed by atoms with Crippen LogP contribution in [0.5, 0.6) is 0 Å². The van der Waals surface area contributed by atoms with Crippen molar-refractivity contribution in [2.45, 2.75) is 19.1 Å². The van der Waals surface area contributed by atoms with Gasteiger partial charge in [-0.05, 0) is 37.5 Å². The van der Waals surface area contributed by atoms with E-state index in [2.05, 4.69) is 6.07 Å². The maximum atomic E-state index is 8.43. The van der Waals surface area contributed by atoms with E-state index in [0.717, 1.165) is 0 Å². The van der Waals surface area contributed by atoms with Gasteiger partial charge in [0.25, 0.3) is 0 Å². The van der Waals surface area contributed by atoms with Gasteiger partial charge in [-0.2, -0.15) is 5.26 Å². The lowest BCUT2D eigenvalue weighted by molar-refractivity contribution is 0.339. The van der Waals surface area contributed by atoms with Crippen molar-refractivity contribution in [3.05, 3.63) is 11.5 Å². The monoisotopic (exact) mass is 201 g/mol. The zero-order valence-corrected chi connectivity index (χ0v) is 8.74. The van der Waals surface area contributed by atoms with Gasteiger partial charge in [-0.1, -0.05) is 0 Å². The fourth-order valence-electron chi connectivity index (χ4n) is 0.433. The summed E-state index contributed by atoms with van der Waals surface area (Å²) < 4.78 is 5.01. The van der Waals surface area contributed by atoms with Crippen LogP contribution < -0.4 is 0 Å². The number of hydrogen-bond acceptors (Lipinski definition) is 4. The lowest BCUT2D eigenvalue weighted by atomic mass is 10.5. The Morgan fingerprint density at radius 3 is 3.00 bits per heavy atom. The standard InChI is InChI=1S/C8H11NOS2/c1-3-10-8(11)4-5-12-7(2)6-9/h4-5,7H,3H2,1-2H3. The van der Waals surface area contributed by atoms with Crippen LogP contribution in [0.25, 0.3) is 0 Å². The Labute approximate surface area is 82.6 Å². The van der Waals surface area contributed by atoms with Crippen molar-refractivity contribution >= 4 is 29.0 Å². The zero-order valence-electron chi connectivity index (χ0n) is 7.11. The summed E-state index contributed by atoms with van der Waals surface area (Å²) in [7, 11) is 0. The van der Waals surface area contributed by atoms with Gasteiger partial charge in [0.05, 0.1) is 17.9 Å². The van der Waals surface area contributed by atoms with E-state index < -0.39 is 0 Å². The summed E-state index contributed by atoms with van der Waals surface area (Å²) >= 11 is 6.26. The molecule has 0 N–H and O–H groups in total. The molecule has 0 aromatic heterocycles. The minimum atomic E-state index is -0.0364. The van der Waals surface area contributed by atoms with Gasteiger partial charge in [0.15, 0.2) is 5.05 Å². The molecule has 0 saturated carbocycles. The Kier molecular flexibility index (Phi) is 6.82. The quantitative estimate of drug-likeness (QED) is 0.517. The molecule has 0 fully saturated rings. The normalized spacial score (nSPS) is 12.4. The average molecular weight is 201 g/mol. The first-order valence-electron chi connectivity index (χ1n) is 3.59. The van der Waals surface area contributed by atoms with Crippen LogP contribution in [0, 0.1) is 11.3 Å². The van der Waals surface area contributed by atoms with Crippen molar-refractivity contribution in [1.29, 1.82) is 5.26 Å². The Hall–Kier alpha value is -0.530. The number of hydrogen-bond donors (Lipinski definition) is 0. The average Bonchev–Trinajstić information content (AvgIpc) is 2.04. The third kappa shape index (κ3) is 6.20. The van der Waals surface area contributed by atoms with Gasteiger partial charge in [-0.15, -0.1) is 11.8 Å². The van der Waals surface area contributed by atoms with Crippen LogP contribution in [0.2, 0.25) is 0 Å². The molecule has 0 aliphatic heterocycles. The molecule has 12 heavy (non-hydrogen) atoms. The first-order chi connectivity index (χ1) is 5.70. The van der Waals surface area contributed by atoms with Gasteiger partial charge in [-0.25, -0.2) is 0 Å². The van der Waals surface area contributed by atoms with E-state index in [9.17, 15) is 0 Å². The smallest absolute Gasteiger partial charge is 0.184 e. The fourth-order valence-corrected chi connectivity index (χ4v) is 1.20. The highest BCUT2D eigenvalue weighted by molar-refractivity contribution is 8.03. The molecule has 0 aliphatic rings. The minimum absolute atomic E-state index is 0.0364. The van der Waals surface area contributed by atoms with Crippen LogP contribution in [0.3, 0.4) is 0 Å². The number of thiocarbonyl (C=S) groups is 1. The lowest BCUT2D eigenvalue weighted by Gasteiger charge is -1.98. The summed E-state index contributed by atoms with van der Waals surface area (Å²) in [5.74, 6) is 0. The van der Waals surface area contributed by atoms with E-state index in [1.807, 2.05) is 13.8 Å². The van der Waals surface area contributed by atoms with Crippen LogP contribution in [0.4, 0.5) is 0 Å². The molecule has 0 spiro atoms. The van der Waals surface area contributed by atoms with E-state index in [4.69, 9.17) is 22.2 Å². The topological polar surface area (TPSA) is 33.0 Å². The molecular formula is C8H11NOS2. The van der Waals surface area contributed by atoms with Crippen molar-refractivity contribution in [3.63, 3.8) is 0 Å². The molecule has 0 aromatic rings. The van der Waals surface area contributed by atoms with Crippen molar-refractivity contribution in [3.8, 4) is 6.07 Å². The molecule has 0 aliphatic carbocycles. The molecule has 0 saturated heterocycles. The summed E-state index contributed by atoms with van der Waals surface area (Å²) in [6.07, 6.45) is 1.69. The third-order valence-corrected chi connectivity index (χ3v) is 2.02. The van der Waals surface area contributed by atoms with Gasteiger partial charge in [0.1, 0.15) is 0 Å². The van der Waals surface area contributed by atoms with Crippen LogP contribution in [0.1, 0.15) is 13.8 Å². The van der Waals surface area contributed by atoms with Crippen molar-refractivity contribution < 1.29 is 4.74 Å². The predicted molar refractivity (Wildman–Crippen MR) is 56.0 cm³/mol. The number of rotatable bonds is 4. The highest BCUT2D eigenvalue weighted by Gasteiger charge is 1.95. The Balaban J connectivity index is 3.63. The fraction of sp³-hybridized carbons (Fsp3) is 0.500. The molecule has 1 unspecified atom stereocenters. The molecule has 0 rings (SSSR count). The van der Waals surface area contributed by atoms with E-state index >= 15 is 0 Å². The van der Waals surface area contributed by atoms with Crippen molar-refractivity contribution in [1.82, 2.24) is 0 Å². The molecule has 0 heterocycles. The van der Waals surface area contributed by atoms with Crippen molar-refractivity contribution in [2.24, 2.45) is 0 Å². The number of ether oxygens (including phenoxy) is 1. The van der Waals surface area contributed by atoms with Crippen molar-refractivity contribution in [2.75, 3.05) is 6.61 Å². The zero-order chi connectivity index (χ0) is 9.40. The molecule has 4 heteroatoms. The highest BCUT2D eigenvalue weighted by Crippen LogP contribution is 2.10. The van der Waals surface area contributed by atoms with Crippen LogP contribution >= 0.6 is 24.0 Å².